The molecule has 1 aliphatic carbocycles. The molecule has 1 aliphatic rings. The van der Waals surface area contributed by atoms with Crippen LogP contribution in [0.3, 0.4) is 0 Å². The minimum absolute atomic E-state index is 0.223. The Morgan fingerprint density at radius 1 is 1.25 bits per heavy atom. The largest absolute Gasteiger partial charge is 0.392 e. The van der Waals surface area contributed by atoms with Crippen LogP contribution in [-0.2, 0) is 6.42 Å². The SMILES string of the molecule is CCNCCc1nnc(C2CCCCC2C(F)(F)F)s1. The third kappa shape index (κ3) is 3.91. The van der Waals surface area contributed by atoms with Gasteiger partial charge in [0.1, 0.15) is 10.0 Å². The van der Waals surface area contributed by atoms with Crippen molar-refractivity contribution in [2.24, 2.45) is 5.92 Å². The third-order valence-corrected chi connectivity index (χ3v) is 4.87. The molecule has 7 heteroatoms. The highest BCUT2D eigenvalue weighted by atomic mass is 32.1. The molecule has 1 aromatic heterocycles. The third-order valence-electron chi connectivity index (χ3n) is 3.75. The van der Waals surface area contributed by atoms with E-state index in [4.69, 9.17) is 0 Å². The minimum Gasteiger partial charge on any atom is -0.317 e. The van der Waals surface area contributed by atoms with Crippen molar-refractivity contribution in [3.8, 4) is 0 Å². The van der Waals surface area contributed by atoms with Crippen molar-refractivity contribution in [1.29, 1.82) is 0 Å². The molecule has 2 atom stereocenters. The quantitative estimate of drug-likeness (QED) is 0.846. The van der Waals surface area contributed by atoms with E-state index in [1.54, 1.807) is 0 Å². The summed E-state index contributed by atoms with van der Waals surface area (Å²) in [5.41, 5.74) is 0. The fourth-order valence-corrected chi connectivity index (χ4v) is 3.75. The van der Waals surface area contributed by atoms with Crippen molar-refractivity contribution in [2.45, 2.75) is 51.1 Å². The lowest BCUT2D eigenvalue weighted by Crippen LogP contribution is -2.31. The number of aromatic nitrogens is 2. The van der Waals surface area contributed by atoms with Crippen LogP contribution in [0.4, 0.5) is 13.2 Å². The molecular formula is C13H20F3N3S. The van der Waals surface area contributed by atoms with E-state index in [0.717, 1.165) is 30.9 Å². The lowest BCUT2D eigenvalue weighted by atomic mass is 9.79. The van der Waals surface area contributed by atoms with Crippen molar-refractivity contribution >= 4 is 11.3 Å². The molecule has 2 rings (SSSR count). The molecule has 114 valence electrons. The molecule has 1 aromatic rings. The summed E-state index contributed by atoms with van der Waals surface area (Å²) in [5.74, 6) is -1.74. The molecule has 0 bridgehead atoms. The number of rotatable bonds is 5. The monoisotopic (exact) mass is 307 g/mol. The molecule has 0 aliphatic heterocycles. The van der Waals surface area contributed by atoms with Gasteiger partial charge in [-0.1, -0.05) is 19.8 Å². The number of halogens is 3. The summed E-state index contributed by atoms with van der Waals surface area (Å²) < 4.78 is 39.2. The van der Waals surface area contributed by atoms with Crippen LogP contribution in [0, 0.1) is 5.92 Å². The van der Waals surface area contributed by atoms with E-state index in [-0.39, 0.29) is 6.42 Å². The second kappa shape index (κ2) is 6.85. The van der Waals surface area contributed by atoms with Gasteiger partial charge in [-0.25, -0.2) is 0 Å². The Kier molecular flexibility index (Phi) is 5.37. The zero-order valence-corrected chi connectivity index (χ0v) is 12.4. The fraction of sp³-hybridized carbons (Fsp3) is 0.846. The van der Waals surface area contributed by atoms with E-state index in [1.165, 1.54) is 11.3 Å². The highest BCUT2D eigenvalue weighted by Gasteiger charge is 2.47. The van der Waals surface area contributed by atoms with E-state index in [2.05, 4.69) is 15.5 Å². The van der Waals surface area contributed by atoms with Gasteiger partial charge in [0.2, 0.25) is 0 Å². The summed E-state index contributed by atoms with van der Waals surface area (Å²) in [6, 6.07) is 0. The molecule has 1 heterocycles. The number of nitrogens with zero attached hydrogens (tertiary/aromatic N) is 2. The van der Waals surface area contributed by atoms with Crippen molar-refractivity contribution in [1.82, 2.24) is 15.5 Å². The van der Waals surface area contributed by atoms with Gasteiger partial charge in [0.15, 0.2) is 0 Å². The zero-order chi connectivity index (χ0) is 14.6. The van der Waals surface area contributed by atoms with Gasteiger partial charge in [-0.2, -0.15) is 13.2 Å². The number of likely N-dealkylation sites (N-methyl/N-ethyl adjacent to an activating group) is 1. The Balaban J connectivity index is 2.05. The lowest BCUT2D eigenvalue weighted by Gasteiger charge is -2.31. The van der Waals surface area contributed by atoms with Gasteiger partial charge in [0, 0.05) is 18.9 Å². The second-order valence-electron chi connectivity index (χ2n) is 5.18. The predicted molar refractivity (Wildman–Crippen MR) is 72.9 cm³/mol. The van der Waals surface area contributed by atoms with Crippen LogP contribution in [0.2, 0.25) is 0 Å². The smallest absolute Gasteiger partial charge is 0.317 e. The Morgan fingerprint density at radius 3 is 2.70 bits per heavy atom. The second-order valence-corrected chi connectivity index (χ2v) is 6.27. The molecule has 0 amide bonds. The van der Waals surface area contributed by atoms with Gasteiger partial charge < -0.3 is 5.32 Å². The van der Waals surface area contributed by atoms with Gasteiger partial charge in [0.25, 0.3) is 0 Å². The Hall–Kier alpha value is -0.690. The van der Waals surface area contributed by atoms with Crippen LogP contribution in [0.25, 0.3) is 0 Å². The summed E-state index contributed by atoms with van der Waals surface area (Å²) in [6.07, 6.45) is -1.08. The Morgan fingerprint density at radius 2 is 2.00 bits per heavy atom. The summed E-state index contributed by atoms with van der Waals surface area (Å²) >= 11 is 1.35. The van der Waals surface area contributed by atoms with Crippen LogP contribution < -0.4 is 5.32 Å². The maximum absolute atomic E-state index is 13.1. The standard InChI is InChI=1S/C13H20F3N3S/c1-2-17-8-7-11-18-19-12(20-11)9-5-3-4-6-10(9)13(14,15)16/h9-10,17H,2-8H2,1H3. The predicted octanol–water partition coefficient (Wildman–Crippen LogP) is 3.53. The molecule has 0 spiro atoms. The molecule has 1 saturated carbocycles. The maximum atomic E-state index is 13.1. The topological polar surface area (TPSA) is 37.8 Å². The summed E-state index contributed by atoms with van der Waals surface area (Å²) in [6.45, 7) is 3.68. The minimum atomic E-state index is -4.12. The van der Waals surface area contributed by atoms with Gasteiger partial charge in [-0.05, 0) is 19.4 Å². The molecule has 2 unspecified atom stereocenters. The molecule has 0 radical (unpaired) electrons. The van der Waals surface area contributed by atoms with Gasteiger partial charge in [0.05, 0.1) is 5.92 Å². The normalized spacial score (nSPS) is 24.0. The van der Waals surface area contributed by atoms with Crippen LogP contribution in [0.1, 0.15) is 48.5 Å². The van der Waals surface area contributed by atoms with Crippen molar-refractivity contribution in [3.63, 3.8) is 0 Å². The number of hydrogen-bond donors (Lipinski definition) is 1. The van der Waals surface area contributed by atoms with E-state index >= 15 is 0 Å². The molecule has 0 saturated heterocycles. The Labute approximate surface area is 121 Å². The maximum Gasteiger partial charge on any atom is 0.392 e. The zero-order valence-electron chi connectivity index (χ0n) is 11.5. The van der Waals surface area contributed by atoms with Gasteiger partial charge >= 0.3 is 6.18 Å². The van der Waals surface area contributed by atoms with E-state index in [1.807, 2.05) is 6.92 Å². The highest BCUT2D eigenvalue weighted by molar-refractivity contribution is 7.11. The summed E-state index contributed by atoms with van der Waals surface area (Å²) in [4.78, 5) is 0. The van der Waals surface area contributed by atoms with Crippen molar-refractivity contribution in [3.05, 3.63) is 10.0 Å². The molecule has 20 heavy (non-hydrogen) atoms. The van der Waals surface area contributed by atoms with Gasteiger partial charge in [-0.15, -0.1) is 21.5 Å². The first-order chi connectivity index (χ1) is 9.52. The van der Waals surface area contributed by atoms with Crippen LogP contribution >= 0.6 is 11.3 Å². The molecule has 1 fully saturated rings. The lowest BCUT2D eigenvalue weighted by molar-refractivity contribution is -0.187. The summed E-state index contributed by atoms with van der Waals surface area (Å²) in [5, 5.41) is 12.6. The average Bonchev–Trinajstić information content (AvgIpc) is 2.87. The number of alkyl halides is 3. The van der Waals surface area contributed by atoms with E-state index < -0.39 is 18.0 Å². The number of hydrogen-bond acceptors (Lipinski definition) is 4. The molecular weight excluding hydrogens is 287 g/mol. The summed E-state index contributed by atoms with van der Waals surface area (Å²) in [7, 11) is 0. The average molecular weight is 307 g/mol. The van der Waals surface area contributed by atoms with Crippen molar-refractivity contribution < 1.29 is 13.2 Å². The first-order valence-electron chi connectivity index (χ1n) is 7.12. The first kappa shape index (κ1) is 15.7. The Bertz CT molecular complexity index is 419. The highest BCUT2D eigenvalue weighted by Crippen LogP contribution is 2.46. The van der Waals surface area contributed by atoms with Gasteiger partial charge in [-0.3, -0.25) is 0 Å². The molecule has 0 aromatic carbocycles. The molecule has 1 N–H and O–H groups in total. The van der Waals surface area contributed by atoms with Crippen molar-refractivity contribution in [2.75, 3.05) is 13.1 Å². The van der Waals surface area contributed by atoms with Crippen LogP contribution in [-0.4, -0.2) is 29.5 Å². The van der Waals surface area contributed by atoms with E-state index in [0.29, 0.717) is 17.8 Å². The van der Waals surface area contributed by atoms with Crippen LogP contribution in [0.5, 0.6) is 0 Å². The first-order valence-corrected chi connectivity index (χ1v) is 7.93. The number of nitrogens with one attached hydrogen (secondary N) is 1. The molecule has 3 nitrogen and oxygen atoms in total. The van der Waals surface area contributed by atoms with Crippen LogP contribution in [0.15, 0.2) is 0 Å². The van der Waals surface area contributed by atoms with E-state index in [9.17, 15) is 13.2 Å². The fourth-order valence-electron chi connectivity index (χ4n) is 2.71.